The summed E-state index contributed by atoms with van der Waals surface area (Å²) < 4.78 is 0. The Morgan fingerprint density at radius 1 is 1.80 bits per heavy atom. The van der Waals surface area contributed by atoms with Gasteiger partial charge in [-0.25, -0.2) is 0 Å². The van der Waals surface area contributed by atoms with E-state index in [1.54, 1.807) is 6.21 Å². The Morgan fingerprint density at radius 2 is 2.50 bits per heavy atom. The summed E-state index contributed by atoms with van der Waals surface area (Å²) in [6, 6.07) is 0. The number of thiocarbonyl (C=S) groups is 1. The van der Waals surface area contributed by atoms with E-state index in [4.69, 9.17) is 5.73 Å². The normalized spacial score (nSPS) is 10.1. The van der Waals surface area contributed by atoms with Crippen molar-refractivity contribution >= 4 is 23.5 Å². The van der Waals surface area contributed by atoms with Crippen LogP contribution in [0.15, 0.2) is 5.10 Å². The molecule has 0 aliphatic rings. The van der Waals surface area contributed by atoms with E-state index >= 15 is 0 Å². The third kappa shape index (κ3) is 7.36. The lowest BCUT2D eigenvalue weighted by molar-refractivity contribution is 0.837. The molecule has 0 spiro atoms. The van der Waals surface area contributed by atoms with Gasteiger partial charge in [-0.3, -0.25) is 5.43 Å². The zero-order valence-corrected chi connectivity index (χ0v) is 6.95. The Labute approximate surface area is 66.7 Å². The summed E-state index contributed by atoms with van der Waals surface area (Å²) in [5.41, 5.74) is 7.60. The Bertz CT molecular complexity index is 122. The van der Waals surface area contributed by atoms with Gasteiger partial charge in [-0.15, -0.1) is 0 Å². The van der Waals surface area contributed by atoms with Crippen LogP contribution in [0, 0.1) is 0 Å². The first-order valence-electron chi connectivity index (χ1n) is 3.34. The topological polar surface area (TPSA) is 50.4 Å². The summed E-state index contributed by atoms with van der Waals surface area (Å²) in [6.07, 6.45) is 5.09. The van der Waals surface area contributed by atoms with E-state index in [0.717, 1.165) is 12.8 Å². The highest BCUT2D eigenvalue weighted by Gasteiger charge is 1.79. The maximum absolute atomic E-state index is 5.11. The number of hydrazone groups is 1. The van der Waals surface area contributed by atoms with Gasteiger partial charge in [-0.05, 0) is 25.1 Å². The second kappa shape index (κ2) is 6.48. The molecule has 0 aliphatic carbocycles. The monoisotopic (exact) mass is 159 g/mol. The predicted molar refractivity (Wildman–Crippen MR) is 47.9 cm³/mol. The number of nitrogens with one attached hydrogen (secondary N) is 1. The molecule has 4 heteroatoms. The minimum absolute atomic E-state index is 0.216. The van der Waals surface area contributed by atoms with Gasteiger partial charge >= 0.3 is 0 Å². The van der Waals surface area contributed by atoms with Crippen LogP contribution in [0.2, 0.25) is 0 Å². The maximum Gasteiger partial charge on any atom is 0.184 e. The van der Waals surface area contributed by atoms with Gasteiger partial charge in [-0.2, -0.15) is 5.10 Å². The molecule has 0 atom stereocenters. The Morgan fingerprint density at radius 3 is 3.00 bits per heavy atom. The SMILES string of the molecule is CCCCC=NNC(N)=S. The smallest absolute Gasteiger partial charge is 0.184 e. The number of hydrogen-bond acceptors (Lipinski definition) is 2. The second-order valence-electron chi connectivity index (χ2n) is 1.93. The van der Waals surface area contributed by atoms with Crippen LogP contribution in [-0.4, -0.2) is 11.3 Å². The molecule has 0 saturated carbocycles. The van der Waals surface area contributed by atoms with E-state index in [-0.39, 0.29) is 5.11 Å². The molecule has 0 bridgehead atoms. The summed E-state index contributed by atoms with van der Waals surface area (Å²) in [7, 11) is 0. The van der Waals surface area contributed by atoms with Crippen molar-refractivity contribution in [2.24, 2.45) is 10.8 Å². The van der Waals surface area contributed by atoms with E-state index in [2.05, 4.69) is 29.7 Å². The zero-order chi connectivity index (χ0) is 7.82. The van der Waals surface area contributed by atoms with E-state index < -0.39 is 0 Å². The quantitative estimate of drug-likeness (QED) is 0.278. The van der Waals surface area contributed by atoms with Gasteiger partial charge < -0.3 is 5.73 Å². The lowest BCUT2D eigenvalue weighted by Gasteiger charge is -1.92. The van der Waals surface area contributed by atoms with Crippen LogP contribution < -0.4 is 11.2 Å². The fourth-order valence-corrected chi connectivity index (χ4v) is 0.522. The Hall–Kier alpha value is -0.640. The third-order valence-corrected chi connectivity index (χ3v) is 1.04. The standard InChI is InChI=1S/C6H13N3S/c1-2-3-4-5-8-9-6(7)10/h5H,2-4H2,1H3,(H3,7,9,10). The van der Waals surface area contributed by atoms with Crippen molar-refractivity contribution in [3.63, 3.8) is 0 Å². The highest BCUT2D eigenvalue weighted by Crippen LogP contribution is 1.88. The molecule has 10 heavy (non-hydrogen) atoms. The number of nitrogens with two attached hydrogens (primary N) is 1. The molecule has 0 amide bonds. The van der Waals surface area contributed by atoms with Crippen molar-refractivity contribution in [2.45, 2.75) is 26.2 Å². The van der Waals surface area contributed by atoms with Gasteiger partial charge in [0.1, 0.15) is 0 Å². The van der Waals surface area contributed by atoms with Crippen LogP contribution in [0.4, 0.5) is 0 Å². The molecule has 58 valence electrons. The highest BCUT2D eigenvalue weighted by atomic mass is 32.1. The molecule has 3 N–H and O–H groups in total. The summed E-state index contributed by atoms with van der Waals surface area (Å²) in [5, 5.41) is 3.98. The van der Waals surface area contributed by atoms with Crippen LogP contribution in [0.3, 0.4) is 0 Å². The van der Waals surface area contributed by atoms with E-state index in [1.807, 2.05) is 0 Å². The Balaban J connectivity index is 3.12. The Kier molecular flexibility index (Phi) is 6.06. The molecule has 0 unspecified atom stereocenters. The minimum Gasteiger partial charge on any atom is -0.375 e. The van der Waals surface area contributed by atoms with Crippen molar-refractivity contribution in [1.29, 1.82) is 0 Å². The third-order valence-electron chi connectivity index (χ3n) is 0.953. The molecule has 0 aromatic carbocycles. The minimum atomic E-state index is 0.216. The lowest BCUT2D eigenvalue weighted by atomic mass is 10.3. The molecule has 0 radical (unpaired) electrons. The predicted octanol–water partition coefficient (Wildman–Crippen LogP) is 0.996. The van der Waals surface area contributed by atoms with Gasteiger partial charge in [0.2, 0.25) is 0 Å². The molecular weight excluding hydrogens is 146 g/mol. The molecule has 0 aromatic rings. The molecule has 0 rings (SSSR count). The second-order valence-corrected chi connectivity index (χ2v) is 2.37. The molecular formula is C6H13N3S. The molecule has 0 fully saturated rings. The lowest BCUT2D eigenvalue weighted by Crippen LogP contribution is -2.23. The zero-order valence-electron chi connectivity index (χ0n) is 6.13. The summed E-state index contributed by atoms with van der Waals surface area (Å²) >= 11 is 4.53. The number of nitrogens with zero attached hydrogens (tertiary/aromatic N) is 1. The molecule has 0 aromatic heterocycles. The average molecular weight is 159 g/mol. The largest absolute Gasteiger partial charge is 0.375 e. The van der Waals surface area contributed by atoms with Crippen LogP contribution in [0.5, 0.6) is 0 Å². The van der Waals surface area contributed by atoms with Crippen LogP contribution in [0.25, 0.3) is 0 Å². The van der Waals surface area contributed by atoms with Gasteiger partial charge in [0, 0.05) is 6.21 Å². The van der Waals surface area contributed by atoms with E-state index in [0.29, 0.717) is 0 Å². The fraction of sp³-hybridized carbons (Fsp3) is 0.667. The van der Waals surface area contributed by atoms with Crippen LogP contribution in [0.1, 0.15) is 26.2 Å². The first-order chi connectivity index (χ1) is 4.77. The van der Waals surface area contributed by atoms with E-state index in [1.165, 1.54) is 6.42 Å². The maximum atomic E-state index is 5.11. The van der Waals surface area contributed by atoms with Crippen LogP contribution >= 0.6 is 12.2 Å². The summed E-state index contributed by atoms with van der Waals surface area (Å²) in [5.74, 6) is 0. The van der Waals surface area contributed by atoms with Crippen molar-refractivity contribution < 1.29 is 0 Å². The van der Waals surface area contributed by atoms with Crippen molar-refractivity contribution in [3.05, 3.63) is 0 Å². The van der Waals surface area contributed by atoms with E-state index in [9.17, 15) is 0 Å². The number of unbranched alkanes of at least 4 members (excludes halogenated alkanes) is 2. The van der Waals surface area contributed by atoms with Crippen molar-refractivity contribution in [2.75, 3.05) is 0 Å². The van der Waals surface area contributed by atoms with Crippen LogP contribution in [-0.2, 0) is 0 Å². The van der Waals surface area contributed by atoms with Gasteiger partial charge in [-0.1, -0.05) is 13.3 Å². The fourth-order valence-electron chi connectivity index (χ4n) is 0.469. The number of hydrogen-bond donors (Lipinski definition) is 2. The van der Waals surface area contributed by atoms with Gasteiger partial charge in [0.15, 0.2) is 5.11 Å². The van der Waals surface area contributed by atoms with Crippen molar-refractivity contribution in [1.82, 2.24) is 5.43 Å². The number of rotatable bonds is 4. The molecule has 0 aliphatic heterocycles. The van der Waals surface area contributed by atoms with Gasteiger partial charge in [0.05, 0.1) is 0 Å². The molecule has 3 nitrogen and oxygen atoms in total. The first kappa shape index (κ1) is 9.36. The molecule has 0 saturated heterocycles. The average Bonchev–Trinajstić information content (AvgIpc) is 1.87. The first-order valence-corrected chi connectivity index (χ1v) is 3.75. The summed E-state index contributed by atoms with van der Waals surface area (Å²) in [6.45, 7) is 2.13. The summed E-state index contributed by atoms with van der Waals surface area (Å²) in [4.78, 5) is 0. The highest BCUT2D eigenvalue weighted by molar-refractivity contribution is 7.80. The van der Waals surface area contributed by atoms with Gasteiger partial charge in [0.25, 0.3) is 0 Å². The molecule has 0 heterocycles. The van der Waals surface area contributed by atoms with Crippen molar-refractivity contribution in [3.8, 4) is 0 Å².